The molecule has 0 saturated carbocycles. The van der Waals surface area contributed by atoms with E-state index < -0.39 is 0 Å². The minimum atomic E-state index is -0.178. The lowest BCUT2D eigenvalue weighted by Crippen LogP contribution is -2.13. The Kier molecular flexibility index (Phi) is 4.32. The molecular formula is C16H15BrN4OS. The first-order valence-corrected chi connectivity index (χ1v) is 8.66. The number of amides is 1. The highest BCUT2D eigenvalue weighted by atomic mass is 79.9. The number of aromatic nitrogens is 3. The minimum Gasteiger partial charge on any atom is -0.298 e. The third-order valence-corrected chi connectivity index (χ3v) is 4.83. The first-order chi connectivity index (χ1) is 11.0. The van der Waals surface area contributed by atoms with Crippen molar-refractivity contribution in [1.29, 1.82) is 0 Å². The molecule has 23 heavy (non-hydrogen) atoms. The second-order valence-corrected chi connectivity index (χ2v) is 6.95. The van der Waals surface area contributed by atoms with Crippen LogP contribution >= 0.6 is 27.3 Å². The van der Waals surface area contributed by atoms with Crippen LogP contribution < -0.4 is 5.32 Å². The van der Waals surface area contributed by atoms with Crippen molar-refractivity contribution in [1.82, 2.24) is 14.8 Å². The molecular weight excluding hydrogens is 376 g/mol. The summed E-state index contributed by atoms with van der Waals surface area (Å²) in [5.74, 6) is -0.178. The fourth-order valence-electron chi connectivity index (χ4n) is 2.37. The number of carbonyl (C=O) groups excluding carboxylic acids is 1. The van der Waals surface area contributed by atoms with Crippen LogP contribution in [0.3, 0.4) is 0 Å². The second-order valence-electron chi connectivity index (χ2n) is 5.17. The van der Waals surface area contributed by atoms with Gasteiger partial charge in [-0.2, -0.15) is 5.10 Å². The van der Waals surface area contributed by atoms with Crippen LogP contribution in [0.2, 0.25) is 0 Å². The average Bonchev–Trinajstić information content (AvgIpc) is 3.04. The van der Waals surface area contributed by atoms with Gasteiger partial charge < -0.3 is 0 Å². The maximum absolute atomic E-state index is 12.5. The Hall–Kier alpha value is -1.99. The Labute approximate surface area is 146 Å². The predicted molar refractivity (Wildman–Crippen MR) is 95.9 cm³/mol. The van der Waals surface area contributed by atoms with E-state index in [1.807, 2.05) is 50.5 Å². The molecule has 0 unspecified atom stereocenters. The number of nitrogens with one attached hydrogen (secondary N) is 1. The van der Waals surface area contributed by atoms with Crippen LogP contribution in [0.25, 0.3) is 11.3 Å². The van der Waals surface area contributed by atoms with Crippen LogP contribution in [0.5, 0.6) is 0 Å². The normalized spacial score (nSPS) is 10.8. The fraction of sp³-hybridized carbons (Fsp3) is 0.188. The molecule has 0 saturated heterocycles. The summed E-state index contributed by atoms with van der Waals surface area (Å²) >= 11 is 4.86. The highest BCUT2D eigenvalue weighted by Crippen LogP contribution is 2.27. The van der Waals surface area contributed by atoms with Gasteiger partial charge in [0.25, 0.3) is 5.91 Å². The maximum atomic E-state index is 12.5. The molecule has 0 spiro atoms. The van der Waals surface area contributed by atoms with Crippen LogP contribution in [0.1, 0.15) is 21.7 Å². The molecule has 3 rings (SSSR count). The molecule has 0 aliphatic rings. The topological polar surface area (TPSA) is 59.8 Å². The van der Waals surface area contributed by atoms with Crippen molar-refractivity contribution < 1.29 is 4.79 Å². The summed E-state index contributed by atoms with van der Waals surface area (Å²) in [6, 6.07) is 7.91. The summed E-state index contributed by atoms with van der Waals surface area (Å²) in [4.78, 5) is 17.0. The first kappa shape index (κ1) is 15.9. The Morgan fingerprint density at radius 1 is 1.35 bits per heavy atom. The number of hydrogen-bond acceptors (Lipinski definition) is 4. The van der Waals surface area contributed by atoms with E-state index in [2.05, 4.69) is 31.3 Å². The average molecular weight is 391 g/mol. The molecule has 3 aromatic rings. The molecule has 0 fully saturated rings. The van der Waals surface area contributed by atoms with Crippen molar-refractivity contribution in [3.63, 3.8) is 0 Å². The summed E-state index contributed by atoms with van der Waals surface area (Å²) in [6.45, 7) is 3.71. The molecule has 118 valence electrons. The number of benzene rings is 1. The number of aryl methyl sites for hydroxylation is 2. The quantitative estimate of drug-likeness (QED) is 0.729. The molecule has 5 nitrogen and oxygen atoms in total. The Morgan fingerprint density at radius 3 is 2.78 bits per heavy atom. The van der Waals surface area contributed by atoms with E-state index in [1.54, 1.807) is 4.68 Å². The van der Waals surface area contributed by atoms with Gasteiger partial charge in [-0.1, -0.05) is 28.1 Å². The van der Waals surface area contributed by atoms with Gasteiger partial charge in [0.2, 0.25) is 0 Å². The van der Waals surface area contributed by atoms with Crippen LogP contribution in [0.4, 0.5) is 5.13 Å². The van der Waals surface area contributed by atoms with E-state index in [1.165, 1.54) is 11.3 Å². The molecule has 7 heteroatoms. The number of thiazole rings is 1. The summed E-state index contributed by atoms with van der Waals surface area (Å²) in [5.41, 5.74) is 4.00. The van der Waals surface area contributed by atoms with E-state index in [0.717, 1.165) is 21.4 Å². The third kappa shape index (κ3) is 3.20. The summed E-state index contributed by atoms with van der Waals surface area (Å²) < 4.78 is 2.70. The number of halogens is 1. The smallest absolute Gasteiger partial charge is 0.261 e. The van der Waals surface area contributed by atoms with Crippen LogP contribution in [-0.4, -0.2) is 20.7 Å². The Morgan fingerprint density at radius 2 is 2.13 bits per heavy atom. The van der Waals surface area contributed by atoms with Crippen molar-refractivity contribution in [3.05, 3.63) is 51.1 Å². The van der Waals surface area contributed by atoms with Crippen molar-refractivity contribution in [2.24, 2.45) is 7.05 Å². The molecule has 0 aliphatic carbocycles. The number of carbonyl (C=O) groups is 1. The summed E-state index contributed by atoms with van der Waals surface area (Å²) in [7, 11) is 1.83. The van der Waals surface area contributed by atoms with Crippen molar-refractivity contribution in [2.45, 2.75) is 13.8 Å². The summed E-state index contributed by atoms with van der Waals surface area (Å²) in [5, 5.41) is 9.64. The van der Waals surface area contributed by atoms with Gasteiger partial charge in [0.1, 0.15) is 0 Å². The van der Waals surface area contributed by atoms with E-state index in [-0.39, 0.29) is 5.91 Å². The number of nitrogens with zero attached hydrogens (tertiary/aromatic N) is 3. The largest absolute Gasteiger partial charge is 0.298 e. The van der Waals surface area contributed by atoms with Gasteiger partial charge in [-0.25, -0.2) is 4.98 Å². The van der Waals surface area contributed by atoms with Gasteiger partial charge in [-0.05, 0) is 26.0 Å². The minimum absolute atomic E-state index is 0.178. The number of rotatable bonds is 3. The van der Waals surface area contributed by atoms with Gasteiger partial charge in [0.05, 0.1) is 17.0 Å². The zero-order valence-electron chi connectivity index (χ0n) is 12.9. The Balaban J connectivity index is 1.83. The molecule has 1 aromatic carbocycles. The Bertz CT molecular complexity index is 884. The molecule has 2 aromatic heterocycles. The highest BCUT2D eigenvalue weighted by molar-refractivity contribution is 9.10. The predicted octanol–water partition coefficient (Wildman–Crippen LogP) is 4.18. The van der Waals surface area contributed by atoms with Crippen molar-refractivity contribution >= 4 is 38.3 Å². The van der Waals surface area contributed by atoms with Crippen LogP contribution in [0.15, 0.2) is 34.1 Å². The van der Waals surface area contributed by atoms with Crippen molar-refractivity contribution in [2.75, 3.05) is 5.32 Å². The van der Waals surface area contributed by atoms with Gasteiger partial charge in [-0.3, -0.25) is 14.8 Å². The lowest BCUT2D eigenvalue weighted by Gasteiger charge is -2.02. The van der Waals surface area contributed by atoms with E-state index in [0.29, 0.717) is 16.4 Å². The molecule has 0 radical (unpaired) electrons. The zero-order valence-corrected chi connectivity index (χ0v) is 15.3. The van der Waals surface area contributed by atoms with Crippen LogP contribution in [0, 0.1) is 13.8 Å². The van der Waals surface area contributed by atoms with E-state index in [4.69, 9.17) is 0 Å². The van der Waals surface area contributed by atoms with Gasteiger partial charge in [0.15, 0.2) is 5.13 Å². The van der Waals surface area contributed by atoms with Gasteiger partial charge >= 0.3 is 0 Å². The lowest BCUT2D eigenvalue weighted by atomic mass is 10.2. The lowest BCUT2D eigenvalue weighted by molar-refractivity contribution is 0.102. The maximum Gasteiger partial charge on any atom is 0.261 e. The second kappa shape index (κ2) is 6.25. The first-order valence-electron chi connectivity index (χ1n) is 6.98. The number of anilines is 1. The third-order valence-electron chi connectivity index (χ3n) is 3.58. The van der Waals surface area contributed by atoms with Gasteiger partial charge in [0, 0.05) is 28.2 Å². The monoisotopic (exact) mass is 390 g/mol. The zero-order chi connectivity index (χ0) is 16.6. The SMILES string of the molecule is Cc1nn(C)c(C)c1C(=O)Nc1nc(-c2cccc(Br)c2)cs1. The molecule has 0 aliphatic heterocycles. The van der Waals surface area contributed by atoms with E-state index in [9.17, 15) is 4.79 Å². The van der Waals surface area contributed by atoms with E-state index >= 15 is 0 Å². The summed E-state index contributed by atoms with van der Waals surface area (Å²) in [6.07, 6.45) is 0. The molecule has 1 N–H and O–H groups in total. The van der Waals surface area contributed by atoms with Crippen molar-refractivity contribution in [3.8, 4) is 11.3 Å². The molecule has 0 atom stereocenters. The molecule has 1 amide bonds. The fourth-order valence-corrected chi connectivity index (χ4v) is 3.49. The standard InChI is InChI=1S/C16H15BrN4OS/c1-9-14(10(2)21(3)20-9)15(22)19-16-18-13(8-23-16)11-5-4-6-12(17)7-11/h4-8H,1-3H3,(H,18,19,22). The van der Waals surface area contributed by atoms with Crippen LogP contribution in [-0.2, 0) is 7.05 Å². The molecule has 2 heterocycles. The highest BCUT2D eigenvalue weighted by Gasteiger charge is 2.18. The van der Waals surface area contributed by atoms with Gasteiger partial charge in [-0.15, -0.1) is 11.3 Å². The molecule has 0 bridgehead atoms. The number of hydrogen-bond donors (Lipinski definition) is 1.